The van der Waals surface area contributed by atoms with Gasteiger partial charge in [-0.05, 0) is 12.8 Å². The molecule has 0 rings (SSSR count). The lowest BCUT2D eigenvalue weighted by Gasteiger charge is -2.33. The fourth-order valence-electron chi connectivity index (χ4n) is 3.45. The first kappa shape index (κ1) is 43.7. The third-order valence-electron chi connectivity index (χ3n) is 5.29. The number of aliphatic carboxylic acids is 2. The van der Waals surface area contributed by atoms with Gasteiger partial charge in [-0.2, -0.15) is 8.42 Å². The minimum Gasteiger partial charge on any atom is -0.481 e. The number of unbranched alkanes of at least 4 members (excludes halogenated alkanes) is 8. The van der Waals surface area contributed by atoms with Crippen LogP contribution in [0.2, 0.25) is 0 Å². The fraction of sp³-hybridized carbons (Fsp3) is 0.917. The molecular formula is C24H55N3O10S. The molecule has 0 aliphatic carbocycles. The van der Waals surface area contributed by atoms with E-state index in [9.17, 15) is 32.8 Å². The van der Waals surface area contributed by atoms with Crippen LogP contribution in [0, 0.1) is 5.41 Å². The lowest BCUT2D eigenvalue weighted by atomic mass is 9.74. The second kappa shape index (κ2) is 30.2. The van der Waals surface area contributed by atoms with Gasteiger partial charge in [-0.1, -0.05) is 78.1 Å². The molecule has 232 valence electrons. The van der Waals surface area contributed by atoms with Crippen LogP contribution in [0.25, 0.3) is 0 Å². The summed E-state index contributed by atoms with van der Waals surface area (Å²) in [6.07, 6.45) is 7.84. The molecule has 0 aliphatic rings. The summed E-state index contributed by atoms with van der Waals surface area (Å²) in [5, 5.41) is 40.1. The van der Waals surface area contributed by atoms with Crippen molar-refractivity contribution in [3.8, 4) is 0 Å². The van der Waals surface area contributed by atoms with Crippen LogP contribution in [0.15, 0.2) is 0 Å². The van der Waals surface area contributed by atoms with Crippen LogP contribution in [0.3, 0.4) is 0 Å². The van der Waals surface area contributed by atoms with Crippen molar-refractivity contribution in [2.45, 2.75) is 96.1 Å². The lowest BCUT2D eigenvalue weighted by molar-refractivity contribution is -0.156. The van der Waals surface area contributed by atoms with Crippen LogP contribution in [-0.2, 0) is 19.7 Å². The van der Waals surface area contributed by atoms with E-state index in [1.165, 1.54) is 0 Å². The molecule has 0 aromatic carbocycles. The number of hydrogen-bond donors (Lipinski definition) is 9. The van der Waals surface area contributed by atoms with E-state index in [0.717, 1.165) is 38.5 Å². The average molecular weight is 578 g/mol. The second-order valence-corrected chi connectivity index (χ2v) is 10.1. The highest BCUT2D eigenvalue weighted by Crippen LogP contribution is 2.39. The standard InChI is InChI=1S/C18H34O7S.3C2H7NO/c1-3-5-7-9-11-13-18(17(21)22,14-12-10-8-6-4-2)15(16(19)20)26(23,24)25;3*3-1-2-4/h15H,3-14H2,1-2H3,(H,19,20)(H,21,22)(H,23,24,25);3*4H,1-3H2. The number of aliphatic hydroxyl groups excluding tert-OH is 3. The number of carboxylic acids is 2. The molecule has 38 heavy (non-hydrogen) atoms. The van der Waals surface area contributed by atoms with Crippen LogP contribution in [0.4, 0.5) is 0 Å². The normalized spacial score (nSPS) is 11.6. The van der Waals surface area contributed by atoms with Gasteiger partial charge in [-0.25, -0.2) is 0 Å². The molecule has 0 aromatic rings. The van der Waals surface area contributed by atoms with Gasteiger partial charge in [0.1, 0.15) is 0 Å². The zero-order valence-electron chi connectivity index (χ0n) is 23.3. The third-order valence-corrected chi connectivity index (χ3v) is 6.54. The minimum absolute atomic E-state index is 0.0728. The van der Waals surface area contributed by atoms with Crippen LogP contribution in [0.1, 0.15) is 90.9 Å². The maximum Gasteiger partial charge on any atom is 0.325 e. The quantitative estimate of drug-likeness (QED) is 0.0764. The van der Waals surface area contributed by atoms with Crippen molar-refractivity contribution in [1.82, 2.24) is 0 Å². The largest absolute Gasteiger partial charge is 0.481 e. The predicted octanol–water partition coefficient (Wildman–Crippen LogP) is 0.932. The topological polar surface area (TPSA) is 268 Å². The molecule has 13 nitrogen and oxygen atoms in total. The molecule has 0 amide bonds. The zero-order valence-corrected chi connectivity index (χ0v) is 24.1. The molecule has 1 atom stereocenters. The molecule has 0 saturated heterocycles. The highest BCUT2D eigenvalue weighted by Gasteiger charge is 2.55. The Bertz CT molecular complexity index is 607. The van der Waals surface area contributed by atoms with Gasteiger partial charge >= 0.3 is 11.9 Å². The van der Waals surface area contributed by atoms with Gasteiger partial charge in [0.2, 0.25) is 0 Å². The van der Waals surface area contributed by atoms with Crippen LogP contribution in [0.5, 0.6) is 0 Å². The fourth-order valence-corrected chi connectivity index (χ4v) is 4.61. The van der Waals surface area contributed by atoms with Crippen molar-refractivity contribution in [2.75, 3.05) is 39.5 Å². The first-order valence-corrected chi connectivity index (χ1v) is 14.7. The Labute approximate surface area is 228 Å². The summed E-state index contributed by atoms with van der Waals surface area (Å²) in [4.78, 5) is 23.6. The van der Waals surface area contributed by atoms with E-state index >= 15 is 0 Å². The van der Waals surface area contributed by atoms with Gasteiger partial charge in [0, 0.05) is 19.6 Å². The monoisotopic (exact) mass is 577 g/mol. The van der Waals surface area contributed by atoms with E-state index in [-0.39, 0.29) is 32.7 Å². The summed E-state index contributed by atoms with van der Waals surface area (Å²) >= 11 is 0. The smallest absolute Gasteiger partial charge is 0.325 e. The molecule has 0 spiro atoms. The van der Waals surface area contributed by atoms with E-state index in [4.69, 9.17) is 32.5 Å². The average Bonchev–Trinajstić information content (AvgIpc) is 2.87. The molecule has 1 unspecified atom stereocenters. The van der Waals surface area contributed by atoms with Gasteiger partial charge in [-0.3, -0.25) is 14.1 Å². The Balaban J connectivity index is -0.000000399. The van der Waals surface area contributed by atoms with Gasteiger partial charge in [0.15, 0.2) is 5.25 Å². The lowest BCUT2D eigenvalue weighted by Crippen LogP contribution is -2.51. The van der Waals surface area contributed by atoms with Crippen molar-refractivity contribution >= 4 is 22.1 Å². The van der Waals surface area contributed by atoms with Gasteiger partial charge in [0.05, 0.1) is 25.2 Å². The molecular weight excluding hydrogens is 522 g/mol. The summed E-state index contributed by atoms with van der Waals surface area (Å²) < 4.78 is 32.9. The molecule has 0 aliphatic heterocycles. The molecule has 14 heteroatoms. The zero-order chi connectivity index (χ0) is 30.5. The van der Waals surface area contributed by atoms with Crippen molar-refractivity contribution in [3.63, 3.8) is 0 Å². The van der Waals surface area contributed by atoms with Crippen molar-refractivity contribution in [3.05, 3.63) is 0 Å². The summed E-state index contributed by atoms with van der Waals surface area (Å²) in [6.45, 7) is 5.49. The highest BCUT2D eigenvalue weighted by atomic mass is 32.2. The van der Waals surface area contributed by atoms with Crippen molar-refractivity contribution in [2.24, 2.45) is 22.6 Å². The Morgan fingerprint density at radius 2 is 0.974 bits per heavy atom. The van der Waals surface area contributed by atoms with Crippen LogP contribution >= 0.6 is 0 Å². The second-order valence-electron chi connectivity index (χ2n) is 8.56. The Hall–Kier alpha value is -1.39. The number of rotatable bonds is 19. The highest BCUT2D eigenvalue weighted by molar-refractivity contribution is 7.87. The van der Waals surface area contributed by atoms with Crippen LogP contribution in [-0.4, -0.2) is 95.1 Å². The molecule has 0 aromatic heterocycles. The maximum atomic E-state index is 12.0. The Morgan fingerprint density at radius 1 is 0.684 bits per heavy atom. The number of hydrogen-bond acceptors (Lipinski definition) is 10. The summed E-state index contributed by atoms with van der Waals surface area (Å²) in [7, 11) is -5.04. The number of nitrogens with two attached hydrogens (primary N) is 3. The number of carbonyl (C=O) groups is 2. The van der Waals surface area contributed by atoms with Gasteiger partial charge in [0.25, 0.3) is 10.1 Å². The van der Waals surface area contributed by atoms with E-state index in [2.05, 4.69) is 0 Å². The van der Waals surface area contributed by atoms with Gasteiger partial charge in [-0.15, -0.1) is 0 Å². The molecule has 0 heterocycles. The number of aliphatic hydroxyl groups is 3. The van der Waals surface area contributed by atoms with E-state index in [1.807, 2.05) is 13.8 Å². The predicted molar refractivity (Wildman–Crippen MR) is 148 cm³/mol. The molecule has 0 fully saturated rings. The minimum atomic E-state index is -5.04. The van der Waals surface area contributed by atoms with E-state index < -0.39 is 32.7 Å². The Morgan fingerprint density at radius 3 is 1.16 bits per heavy atom. The summed E-state index contributed by atoms with van der Waals surface area (Å²) in [5.74, 6) is -3.27. The third kappa shape index (κ3) is 24.9. The summed E-state index contributed by atoms with van der Waals surface area (Å²) in [6, 6.07) is 0. The first-order chi connectivity index (χ1) is 17.9. The SMILES string of the molecule is CCCCCCCC(CCCCCCC)(C(=O)O)C(C(=O)O)S(=O)(=O)O.NCCO.NCCO.NCCO. The maximum absolute atomic E-state index is 12.0. The Kier molecular flexibility index (Phi) is 34.6. The molecule has 0 radical (unpaired) electrons. The molecule has 0 bridgehead atoms. The van der Waals surface area contributed by atoms with Crippen LogP contribution < -0.4 is 17.2 Å². The molecule has 0 saturated carbocycles. The van der Waals surface area contributed by atoms with Crippen molar-refractivity contribution < 1.29 is 48.1 Å². The summed E-state index contributed by atoms with van der Waals surface area (Å²) in [5.41, 5.74) is 12.3. The first-order valence-electron chi connectivity index (χ1n) is 13.2. The van der Waals surface area contributed by atoms with Crippen molar-refractivity contribution in [1.29, 1.82) is 0 Å². The van der Waals surface area contributed by atoms with E-state index in [1.54, 1.807) is 0 Å². The van der Waals surface area contributed by atoms with Gasteiger partial charge < -0.3 is 42.7 Å². The van der Waals surface area contributed by atoms with E-state index in [0.29, 0.717) is 45.3 Å². The molecule has 12 N–H and O–H groups in total. The number of carboxylic acid groups (broad SMARTS) is 2.